The standard InChI is InChI=1S/C12H12N4O2/c1-15(7-4-6-13)11-10(12(17)18)16-8-3-2-5-9(16)14-11/h2-3,5,8H,4,7H2,1H3,(H,17,18). The zero-order valence-corrected chi connectivity index (χ0v) is 9.87. The lowest BCUT2D eigenvalue weighted by atomic mass is 10.3. The molecule has 0 amide bonds. The van der Waals surface area contributed by atoms with Crippen molar-refractivity contribution in [3.05, 3.63) is 30.1 Å². The Bertz CT molecular complexity index is 627. The van der Waals surface area contributed by atoms with Crippen molar-refractivity contribution in [3.63, 3.8) is 0 Å². The Balaban J connectivity index is 2.53. The Labute approximate surface area is 104 Å². The first-order valence-electron chi connectivity index (χ1n) is 5.43. The third-order valence-electron chi connectivity index (χ3n) is 2.63. The number of carbonyl (C=O) groups is 1. The van der Waals surface area contributed by atoms with E-state index in [9.17, 15) is 9.90 Å². The number of pyridine rings is 1. The normalized spacial score (nSPS) is 10.2. The van der Waals surface area contributed by atoms with Gasteiger partial charge in [-0.15, -0.1) is 0 Å². The van der Waals surface area contributed by atoms with Crippen LogP contribution in [0.5, 0.6) is 0 Å². The van der Waals surface area contributed by atoms with Crippen LogP contribution in [0.2, 0.25) is 0 Å². The summed E-state index contributed by atoms with van der Waals surface area (Å²) >= 11 is 0. The number of imidazole rings is 1. The molecule has 18 heavy (non-hydrogen) atoms. The summed E-state index contributed by atoms with van der Waals surface area (Å²) in [7, 11) is 1.73. The summed E-state index contributed by atoms with van der Waals surface area (Å²) in [6, 6.07) is 7.32. The number of carboxylic acid groups (broad SMARTS) is 1. The average molecular weight is 244 g/mol. The van der Waals surface area contributed by atoms with Crippen LogP contribution < -0.4 is 4.90 Å². The summed E-state index contributed by atoms with van der Waals surface area (Å²) in [5.41, 5.74) is 0.694. The molecule has 0 unspecified atom stereocenters. The molecule has 0 fully saturated rings. The number of carboxylic acids is 1. The van der Waals surface area contributed by atoms with Crippen molar-refractivity contribution in [2.24, 2.45) is 0 Å². The molecule has 2 heterocycles. The molecule has 0 aliphatic carbocycles. The molecule has 0 aliphatic heterocycles. The molecule has 0 bridgehead atoms. The highest BCUT2D eigenvalue weighted by molar-refractivity contribution is 5.93. The van der Waals surface area contributed by atoms with Gasteiger partial charge >= 0.3 is 5.97 Å². The fraction of sp³-hybridized carbons (Fsp3) is 0.250. The Morgan fingerprint density at radius 2 is 2.39 bits per heavy atom. The van der Waals surface area contributed by atoms with E-state index in [1.54, 1.807) is 36.3 Å². The maximum atomic E-state index is 11.3. The van der Waals surface area contributed by atoms with Crippen molar-refractivity contribution in [3.8, 4) is 6.07 Å². The van der Waals surface area contributed by atoms with E-state index < -0.39 is 5.97 Å². The minimum absolute atomic E-state index is 0.117. The number of rotatable bonds is 4. The maximum Gasteiger partial charge on any atom is 0.356 e. The largest absolute Gasteiger partial charge is 0.476 e. The highest BCUT2D eigenvalue weighted by atomic mass is 16.4. The van der Waals surface area contributed by atoms with Crippen LogP contribution in [0.4, 0.5) is 5.82 Å². The second kappa shape index (κ2) is 4.75. The lowest BCUT2D eigenvalue weighted by molar-refractivity contribution is 0.0690. The van der Waals surface area contributed by atoms with Gasteiger partial charge < -0.3 is 10.0 Å². The molecule has 2 aromatic heterocycles. The fourth-order valence-electron chi connectivity index (χ4n) is 1.77. The van der Waals surface area contributed by atoms with Crippen LogP contribution in [-0.2, 0) is 0 Å². The molecule has 0 aromatic carbocycles. The van der Waals surface area contributed by atoms with Crippen molar-refractivity contribution in [1.82, 2.24) is 9.38 Å². The topological polar surface area (TPSA) is 81.6 Å². The minimum atomic E-state index is -1.03. The Morgan fingerprint density at radius 3 is 3.06 bits per heavy atom. The number of hydrogen-bond donors (Lipinski definition) is 1. The molecule has 2 rings (SSSR count). The average Bonchev–Trinajstić information content (AvgIpc) is 2.75. The number of fused-ring (bicyclic) bond motifs is 1. The molecule has 2 aromatic rings. The van der Waals surface area contributed by atoms with E-state index in [-0.39, 0.29) is 5.69 Å². The number of aromatic carboxylic acids is 1. The molecule has 0 aliphatic rings. The van der Waals surface area contributed by atoms with Crippen LogP contribution in [0.3, 0.4) is 0 Å². The highest BCUT2D eigenvalue weighted by Crippen LogP contribution is 2.20. The number of anilines is 1. The lowest BCUT2D eigenvalue weighted by Crippen LogP contribution is -2.21. The van der Waals surface area contributed by atoms with Crippen LogP contribution in [-0.4, -0.2) is 34.1 Å². The zero-order valence-electron chi connectivity index (χ0n) is 9.87. The number of hydrogen-bond acceptors (Lipinski definition) is 4. The van der Waals surface area contributed by atoms with Gasteiger partial charge in [-0.05, 0) is 12.1 Å². The van der Waals surface area contributed by atoms with Gasteiger partial charge in [0.2, 0.25) is 0 Å². The summed E-state index contributed by atoms with van der Waals surface area (Å²) in [6.45, 7) is 0.445. The molecule has 0 saturated heterocycles. The molecule has 6 nitrogen and oxygen atoms in total. The number of nitriles is 1. The van der Waals surface area contributed by atoms with Crippen LogP contribution >= 0.6 is 0 Å². The zero-order chi connectivity index (χ0) is 13.1. The molecule has 0 radical (unpaired) electrons. The van der Waals surface area contributed by atoms with Gasteiger partial charge in [-0.25, -0.2) is 9.78 Å². The van der Waals surface area contributed by atoms with Crippen molar-refractivity contribution in [2.75, 3.05) is 18.5 Å². The molecule has 0 spiro atoms. The van der Waals surface area contributed by atoms with E-state index in [2.05, 4.69) is 4.98 Å². The molecule has 6 heteroatoms. The van der Waals surface area contributed by atoms with Gasteiger partial charge in [0.25, 0.3) is 0 Å². The second-order valence-corrected chi connectivity index (χ2v) is 3.85. The molecular weight excluding hydrogens is 232 g/mol. The number of nitrogens with zero attached hydrogens (tertiary/aromatic N) is 4. The summed E-state index contributed by atoms with van der Waals surface area (Å²) in [5.74, 6) is -0.656. The Hall–Kier alpha value is -2.55. The van der Waals surface area contributed by atoms with Gasteiger partial charge in [0.1, 0.15) is 5.65 Å². The third kappa shape index (κ3) is 1.98. The third-order valence-corrected chi connectivity index (χ3v) is 2.63. The van der Waals surface area contributed by atoms with E-state index in [0.717, 1.165) is 0 Å². The van der Waals surface area contributed by atoms with E-state index >= 15 is 0 Å². The second-order valence-electron chi connectivity index (χ2n) is 3.85. The summed E-state index contributed by atoms with van der Waals surface area (Å²) < 4.78 is 1.53. The van der Waals surface area contributed by atoms with E-state index in [4.69, 9.17) is 5.26 Å². The maximum absolute atomic E-state index is 11.3. The molecule has 0 atom stereocenters. The smallest absolute Gasteiger partial charge is 0.356 e. The molecular formula is C12H12N4O2. The quantitative estimate of drug-likeness (QED) is 0.878. The van der Waals surface area contributed by atoms with Gasteiger partial charge in [-0.1, -0.05) is 6.07 Å². The SMILES string of the molecule is CN(CCC#N)c1nc2ccccn2c1C(=O)O. The van der Waals surface area contributed by atoms with Gasteiger partial charge in [0.15, 0.2) is 11.5 Å². The predicted molar refractivity (Wildman–Crippen MR) is 65.7 cm³/mol. The van der Waals surface area contributed by atoms with Crippen molar-refractivity contribution in [1.29, 1.82) is 5.26 Å². The summed E-state index contributed by atoms with van der Waals surface area (Å²) in [6.07, 6.45) is 1.98. The first-order valence-corrected chi connectivity index (χ1v) is 5.43. The molecule has 1 N–H and O–H groups in total. The van der Waals surface area contributed by atoms with Gasteiger partial charge in [-0.2, -0.15) is 5.26 Å². The Morgan fingerprint density at radius 1 is 1.61 bits per heavy atom. The number of aromatic nitrogens is 2. The van der Waals surface area contributed by atoms with Crippen LogP contribution in [0.15, 0.2) is 24.4 Å². The lowest BCUT2D eigenvalue weighted by Gasteiger charge is -2.15. The van der Waals surface area contributed by atoms with Crippen molar-refractivity contribution >= 4 is 17.4 Å². The van der Waals surface area contributed by atoms with Crippen LogP contribution in [0.25, 0.3) is 5.65 Å². The van der Waals surface area contributed by atoms with Gasteiger partial charge in [0.05, 0.1) is 12.5 Å². The van der Waals surface area contributed by atoms with E-state index in [1.807, 2.05) is 6.07 Å². The van der Waals surface area contributed by atoms with Crippen molar-refractivity contribution in [2.45, 2.75) is 6.42 Å². The van der Waals surface area contributed by atoms with Crippen molar-refractivity contribution < 1.29 is 9.90 Å². The first-order chi connectivity index (χ1) is 8.65. The van der Waals surface area contributed by atoms with E-state index in [1.165, 1.54) is 4.40 Å². The molecule has 92 valence electrons. The van der Waals surface area contributed by atoms with E-state index in [0.29, 0.717) is 24.4 Å². The van der Waals surface area contributed by atoms with Crippen LogP contribution in [0, 0.1) is 11.3 Å². The van der Waals surface area contributed by atoms with Gasteiger partial charge in [0, 0.05) is 19.8 Å². The van der Waals surface area contributed by atoms with Crippen LogP contribution in [0.1, 0.15) is 16.9 Å². The fourth-order valence-corrected chi connectivity index (χ4v) is 1.77. The minimum Gasteiger partial charge on any atom is -0.476 e. The predicted octanol–water partition coefficient (Wildman–Crippen LogP) is 1.38. The highest BCUT2D eigenvalue weighted by Gasteiger charge is 2.20. The summed E-state index contributed by atoms with van der Waals surface area (Å²) in [5, 5.41) is 17.8. The monoisotopic (exact) mass is 244 g/mol. The Kier molecular flexibility index (Phi) is 3.15. The van der Waals surface area contributed by atoms with Gasteiger partial charge in [-0.3, -0.25) is 4.40 Å². The molecule has 0 saturated carbocycles. The first kappa shape index (κ1) is 11.9. The summed E-state index contributed by atoms with van der Waals surface area (Å²) in [4.78, 5) is 17.3.